The molecule has 1 aromatic carbocycles. The minimum atomic E-state index is -4.29. The second kappa shape index (κ2) is 8.40. The van der Waals surface area contributed by atoms with Crippen molar-refractivity contribution >= 4 is 0 Å². The standard InChI is InChI=1S/C13H15F3N2O2/c14-13(15,16)10-19-7-5-18-9-11-2-1-3-12(8-11)20-6-4-17/h1-3,8,18H,5-7,9-10H2. The zero-order valence-electron chi connectivity index (χ0n) is 10.7. The zero-order chi connectivity index (χ0) is 14.8. The van der Waals surface area contributed by atoms with Gasteiger partial charge in [-0.1, -0.05) is 12.1 Å². The number of alkyl halides is 3. The van der Waals surface area contributed by atoms with E-state index in [4.69, 9.17) is 10.00 Å². The second-order valence-electron chi connectivity index (χ2n) is 3.94. The second-order valence-corrected chi connectivity index (χ2v) is 3.94. The first-order valence-corrected chi connectivity index (χ1v) is 5.95. The van der Waals surface area contributed by atoms with Crippen molar-refractivity contribution < 1.29 is 22.6 Å². The molecule has 0 saturated carbocycles. The maximum atomic E-state index is 11.8. The van der Waals surface area contributed by atoms with E-state index in [1.54, 1.807) is 18.2 Å². The molecule has 0 saturated heterocycles. The van der Waals surface area contributed by atoms with Crippen LogP contribution in [0.25, 0.3) is 0 Å². The number of nitrogens with zero attached hydrogens (tertiary/aromatic N) is 1. The number of nitrogens with one attached hydrogen (secondary N) is 1. The third-order valence-corrected chi connectivity index (χ3v) is 2.22. The number of rotatable bonds is 8. The summed E-state index contributed by atoms with van der Waals surface area (Å²) in [6.45, 7) is -0.461. The minimum absolute atomic E-state index is 0.00979. The fourth-order valence-corrected chi connectivity index (χ4v) is 1.43. The van der Waals surface area contributed by atoms with Gasteiger partial charge in [-0.25, -0.2) is 0 Å². The minimum Gasteiger partial charge on any atom is -0.479 e. The Morgan fingerprint density at radius 2 is 2.10 bits per heavy atom. The Balaban J connectivity index is 2.20. The molecule has 0 aliphatic carbocycles. The smallest absolute Gasteiger partial charge is 0.411 e. The number of hydrogen-bond acceptors (Lipinski definition) is 4. The first kappa shape index (κ1) is 16.3. The topological polar surface area (TPSA) is 54.3 Å². The van der Waals surface area contributed by atoms with Crippen molar-refractivity contribution in [2.45, 2.75) is 12.7 Å². The highest BCUT2D eigenvalue weighted by molar-refractivity contribution is 5.28. The van der Waals surface area contributed by atoms with Gasteiger partial charge in [-0.15, -0.1) is 0 Å². The first-order chi connectivity index (χ1) is 9.51. The maximum Gasteiger partial charge on any atom is 0.411 e. The number of halogens is 3. The van der Waals surface area contributed by atoms with Crippen LogP contribution in [0.4, 0.5) is 13.2 Å². The van der Waals surface area contributed by atoms with Gasteiger partial charge >= 0.3 is 6.18 Å². The van der Waals surface area contributed by atoms with Crippen LogP contribution < -0.4 is 10.1 Å². The van der Waals surface area contributed by atoms with Gasteiger partial charge in [0, 0.05) is 13.1 Å². The van der Waals surface area contributed by atoms with Crippen LogP contribution in [0.5, 0.6) is 5.75 Å². The molecular formula is C13H15F3N2O2. The third kappa shape index (κ3) is 7.61. The van der Waals surface area contributed by atoms with Gasteiger partial charge in [-0.05, 0) is 17.7 Å². The molecule has 1 rings (SSSR count). The van der Waals surface area contributed by atoms with Gasteiger partial charge in [-0.2, -0.15) is 18.4 Å². The fourth-order valence-electron chi connectivity index (χ4n) is 1.43. The quantitative estimate of drug-likeness (QED) is 0.745. The Labute approximate surface area is 115 Å². The van der Waals surface area contributed by atoms with Crippen LogP contribution in [0, 0.1) is 11.3 Å². The lowest BCUT2D eigenvalue weighted by Crippen LogP contribution is -2.23. The summed E-state index contributed by atoms with van der Waals surface area (Å²) >= 11 is 0. The molecule has 4 nitrogen and oxygen atoms in total. The van der Waals surface area contributed by atoms with Crippen molar-refractivity contribution in [1.29, 1.82) is 5.26 Å². The highest BCUT2D eigenvalue weighted by Gasteiger charge is 2.27. The highest BCUT2D eigenvalue weighted by Crippen LogP contribution is 2.14. The van der Waals surface area contributed by atoms with Crippen LogP contribution in [0.15, 0.2) is 24.3 Å². The largest absolute Gasteiger partial charge is 0.479 e. The summed E-state index contributed by atoms with van der Waals surface area (Å²) < 4.78 is 45.0. The van der Waals surface area contributed by atoms with Crippen LogP contribution in [0.3, 0.4) is 0 Å². The molecule has 110 valence electrons. The van der Waals surface area contributed by atoms with E-state index in [1.165, 1.54) is 0 Å². The average Bonchev–Trinajstić information content (AvgIpc) is 2.40. The van der Waals surface area contributed by atoms with Crippen LogP contribution in [-0.2, 0) is 11.3 Å². The Morgan fingerprint density at radius 3 is 2.80 bits per heavy atom. The van der Waals surface area contributed by atoms with Crippen LogP contribution in [0.2, 0.25) is 0 Å². The van der Waals surface area contributed by atoms with Crippen LogP contribution in [0.1, 0.15) is 5.56 Å². The molecule has 7 heteroatoms. The molecule has 0 amide bonds. The van der Waals surface area contributed by atoms with Gasteiger partial charge in [-0.3, -0.25) is 0 Å². The Morgan fingerprint density at radius 1 is 1.30 bits per heavy atom. The molecule has 0 unspecified atom stereocenters. The number of hydrogen-bond donors (Lipinski definition) is 1. The summed E-state index contributed by atoms with van der Waals surface area (Å²) in [6, 6.07) is 8.99. The molecule has 1 N–H and O–H groups in total. The monoisotopic (exact) mass is 288 g/mol. The van der Waals surface area contributed by atoms with E-state index in [2.05, 4.69) is 10.1 Å². The summed E-state index contributed by atoms with van der Waals surface area (Å²) in [7, 11) is 0. The number of benzene rings is 1. The van der Waals surface area contributed by atoms with Crippen molar-refractivity contribution in [3.63, 3.8) is 0 Å². The van der Waals surface area contributed by atoms with Gasteiger partial charge in [0.1, 0.15) is 18.4 Å². The summed E-state index contributed by atoms with van der Waals surface area (Å²) in [6.07, 6.45) is -4.29. The van der Waals surface area contributed by atoms with Gasteiger partial charge in [0.15, 0.2) is 6.61 Å². The molecule has 0 fully saturated rings. The zero-order valence-corrected chi connectivity index (χ0v) is 10.7. The molecule has 0 aliphatic rings. The summed E-state index contributed by atoms with van der Waals surface area (Å²) in [4.78, 5) is 0. The summed E-state index contributed by atoms with van der Waals surface area (Å²) in [5.41, 5.74) is 0.913. The predicted octanol–water partition coefficient (Wildman–Crippen LogP) is 2.26. The molecular weight excluding hydrogens is 273 g/mol. The maximum absolute atomic E-state index is 11.8. The number of nitriles is 1. The summed E-state index contributed by atoms with van der Waals surface area (Å²) in [5.74, 6) is 0.583. The Hall–Kier alpha value is -1.78. The van der Waals surface area contributed by atoms with Crippen molar-refractivity contribution in [2.75, 3.05) is 26.4 Å². The van der Waals surface area contributed by atoms with Crippen molar-refractivity contribution in [3.8, 4) is 11.8 Å². The van der Waals surface area contributed by atoms with E-state index in [-0.39, 0.29) is 13.2 Å². The Kier molecular flexibility index (Phi) is 6.84. The van der Waals surface area contributed by atoms with Gasteiger partial charge in [0.2, 0.25) is 0 Å². The average molecular weight is 288 g/mol. The van der Waals surface area contributed by atoms with Gasteiger partial charge < -0.3 is 14.8 Å². The van der Waals surface area contributed by atoms with Crippen molar-refractivity contribution in [3.05, 3.63) is 29.8 Å². The lowest BCUT2D eigenvalue weighted by molar-refractivity contribution is -0.173. The molecule has 0 spiro atoms. The van der Waals surface area contributed by atoms with E-state index in [9.17, 15) is 13.2 Å². The van der Waals surface area contributed by atoms with Crippen molar-refractivity contribution in [1.82, 2.24) is 5.32 Å². The van der Waals surface area contributed by atoms with E-state index in [0.717, 1.165) is 5.56 Å². The predicted molar refractivity (Wildman–Crippen MR) is 66.1 cm³/mol. The SMILES string of the molecule is N#CCOc1cccc(CNCCOCC(F)(F)F)c1. The van der Waals surface area contributed by atoms with E-state index >= 15 is 0 Å². The fraction of sp³-hybridized carbons (Fsp3) is 0.462. The molecule has 0 aliphatic heterocycles. The molecule has 20 heavy (non-hydrogen) atoms. The molecule has 0 radical (unpaired) electrons. The molecule has 0 bridgehead atoms. The van der Waals surface area contributed by atoms with Gasteiger partial charge in [0.05, 0.1) is 6.61 Å². The lowest BCUT2D eigenvalue weighted by Gasteiger charge is -2.09. The Bertz CT molecular complexity index is 444. The normalized spacial score (nSPS) is 11.1. The first-order valence-electron chi connectivity index (χ1n) is 5.95. The van der Waals surface area contributed by atoms with E-state index < -0.39 is 12.8 Å². The molecule has 0 heterocycles. The lowest BCUT2D eigenvalue weighted by atomic mass is 10.2. The van der Waals surface area contributed by atoms with Gasteiger partial charge in [0.25, 0.3) is 0 Å². The number of ether oxygens (including phenoxy) is 2. The van der Waals surface area contributed by atoms with Crippen LogP contribution in [-0.4, -0.2) is 32.5 Å². The van der Waals surface area contributed by atoms with Crippen LogP contribution >= 0.6 is 0 Å². The van der Waals surface area contributed by atoms with E-state index in [0.29, 0.717) is 18.8 Å². The molecule has 1 aromatic rings. The highest BCUT2D eigenvalue weighted by atomic mass is 19.4. The molecule has 0 aromatic heterocycles. The summed E-state index contributed by atoms with van der Waals surface area (Å²) in [5, 5.41) is 11.4. The third-order valence-electron chi connectivity index (χ3n) is 2.22. The van der Waals surface area contributed by atoms with Crippen molar-refractivity contribution in [2.24, 2.45) is 0 Å². The van der Waals surface area contributed by atoms with E-state index in [1.807, 2.05) is 12.1 Å². The molecule has 0 atom stereocenters.